The summed E-state index contributed by atoms with van der Waals surface area (Å²) >= 11 is 0. The molecule has 1 heteroatoms. The number of hydrogen-bond acceptors (Lipinski definition) is 1. The molecule has 2 aromatic rings. The molecule has 0 amide bonds. The fourth-order valence-corrected chi connectivity index (χ4v) is 3.13. The van der Waals surface area contributed by atoms with Crippen LogP contribution in [0.4, 0.5) is 5.69 Å². The number of fused-ring (bicyclic) bond motifs is 3. The summed E-state index contributed by atoms with van der Waals surface area (Å²) in [6.07, 6.45) is 0. The van der Waals surface area contributed by atoms with Gasteiger partial charge in [0, 0.05) is 24.8 Å². The third-order valence-electron chi connectivity index (χ3n) is 3.89. The van der Waals surface area contributed by atoms with Crippen LogP contribution >= 0.6 is 0 Å². The summed E-state index contributed by atoms with van der Waals surface area (Å²) in [6, 6.07) is 11.2. The van der Waals surface area contributed by atoms with Gasteiger partial charge in [0.25, 0.3) is 0 Å². The zero-order valence-corrected chi connectivity index (χ0v) is 11.5. The van der Waals surface area contributed by atoms with Crippen LogP contribution in [0.1, 0.15) is 22.3 Å². The Kier molecular flexibility index (Phi) is 2.44. The second-order valence-corrected chi connectivity index (χ2v) is 5.44. The summed E-state index contributed by atoms with van der Waals surface area (Å²) in [5.74, 6) is 0. The van der Waals surface area contributed by atoms with Gasteiger partial charge in [0.05, 0.1) is 0 Å². The number of rotatable bonds is 0. The maximum Gasteiger partial charge on any atom is 0.0451 e. The predicted molar refractivity (Wildman–Crippen MR) is 78.2 cm³/mol. The van der Waals surface area contributed by atoms with Gasteiger partial charge in [-0.2, -0.15) is 0 Å². The molecule has 1 nitrogen and oxygen atoms in total. The van der Waals surface area contributed by atoms with Crippen molar-refractivity contribution in [1.82, 2.24) is 0 Å². The topological polar surface area (TPSA) is 3.24 Å². The van der Waals surface area contributed by atoms with E-state index in [2.05, 4.69) is 63.1 Å². The van der Waals surface area contributed by atoms with Gasteiger partial charge < -0.3 is 4.90 Å². The van der Waals surface area contributed by atoms with E-state index in [0.717, 1.165) is 6.54 Å². The van der Waals surface area contributed by atoms with Crippen LogP contribution in [-0.2, 0) is 6.54 Å². The molecule has 0 unspecified atom stereocenters. The Balaban J connectivity index is 2.39. The van der Waals surface area contributed by atoms with Crippen LogP contribution in [0.25, 0.3) is 11.1 Å². The average molecular weight is 237 g/mol. The van der Waals surface area contributed by atoms with Crippen LogP contribution in [0.3, 0.4) is 0 Å². The highest BCUT2D eigenvalue weighted by atomic mass is 15.1. The fraction of sp³-hybridized carbons (Fsp3) is 0.294. The fourth-order valence-electron chi connectivity index (χ4n) is 3.13. The van der Waals surface area contributed by atoms with E-state index in [-0.39, 0.29) is 0 Å². The first-order valence-corrected chi connectivity index (χ1v) is 6.49. The Hall–Kier alpha value is -1.76. The Morgan fingerprint density at radius 3 is 2.50 bits per heavy atom. The summed E-state index contributed by atoms with van der Waals surface area (Å²) < 4.78 is 0. The van der Waals surface area contributed by atoms with Crippen LogP contribution < -0.4 is 4.90 Å². The first kappa shape index (κ1) is 11.3. The molecule has 0 N–H and O–H groups in total. The van der Waals surface area contributed by atoms with Gasteiger partial charge >= 0.3 is 0 Å². The normalized spacial score (nSPS) is 13.2. The zero-order chi connectivity index (χ0) is 12.9. The molecule has 0 radical (unpaired) electrons. The van der Waals surface area contributed by atoms with E-state index in [1.54, 1.807) is 0 Å². The molecule has 0 bridgehead atoms. The zero-order valence-electron chi connectivity index (χ0n) is 11.5. The number of hydrogen-bond donors (Lipinski definition) is 0. The molecule has 1 heterocycles. The van der Waals surface area contributed by atoms with Gasteiger partial charge in [0.2, 0.25) is 0 Å². The van der Waals surface area contributed by atoms with Gasteiger partial charge in [-0.05, 0) is 54.7 Å². The molecule has 92 valence electrons. The van der Waals surface area contributed by atoms with Crippen molar-refractivity contribution < 1.29 is 0 Å². The van der Waals surface area contributed by atoms with Crippen molar-refractivity contribution in [3.05, 3.63) is 52.6 Å². The summed E-state index contributed by atoms with van der Waals surface area (Å²) in [5.41, 5.74) is 9.79. The lowest BCUT2D eigenvalue weighted by molar-refractivity contribution is 0.905. The second-order valence-electron chi connectivity index (χ2n) is 5.44. The molecule has 0 aromatic heterocycles. The van der Waals surface area contributed by atoms with Crippen molar-refractivity contribution in [1.29, 1.82) is 0 Å². The van der Waals surface area contributed by atoms with Gasteiger partial charge in [0.15, 0.2) is 0 Å². The molecule has 2 aromatic carbocycles. The third kappa shape index (κ3) is 1.54. The van der Waals surface area contributed by atoms with Crippen molar-refractivity contribution in [2.75, 3.05) is 11.9 Å². The molecule has 0 aliphatic carbocycles. The van der Waals surface area contributed by atoms with Gasteiger partial charge in [0.1, 0.15) is 0 Å². The van der Waals surface area contributed by atoms with Crippen molar-refractivity contribution >= 4 is 5.69 Å². The number of nitrogens with zero attached hydrogens (tertiary/aromatic N) is 1. The average Bonchev–Trinajstić information content (AvgIpc) is 2.29. The number of anilines is 1. The van der Waals surface area contributed by atoms with Crippen LogP contribution in [0.5, 0.6) is 0 Å². The summed E-state index contributed by atoms with van der Waals surface area (Å²) in [6.45, 7) is 7.62. The van der Waals surface area contributed by atoms with Gasteiger partial charge in [-0.25, -0.2) is 0 Å². The molecule has 1 aliphatic rings. The molecule has 0 fully saturated rings. The Morgan fingerprint density at radius 2 is 1.72 bits per heavy atom. The minimum absolute atomic E-state index is 1.01. The largest absolute Gasteiger partial charge is 0.370 e. The van der Waals surface area contributed by atoms with Crippen molar-refractivity contribution in [2.24, 2.45) is 0 Å². The van der Waals surface area contributed by atoms with E-state index < -0.39 is 0 Å². The highest BCUT2D eigenvalue weighted by Gasteiger charge is 2.22. The molecule has 18 heavy (non-hydrogen) atoms. The van der Waals surface area contributed by atoms with E-state index in [9.17, 15) is 0 Å². The lowest BCUT2D eigenvalue weighted by Gasteiger charge is -2.32. The van der Waals surface area contributed by atoms with Gasteiger partial charge in [-0.15, -0.1) is 0 Å². The van der Waals surface area contributed by atoms with Crippen LogP contribution in [0, 0.1) is 20.8 Å². The van der Waals surface area contributed by atoms with E-state index in [1.165, 1.54) is 39.1 Å². The van der Waals surface area contributed by atoms with Crippen LogP contribution in [0.2, 0.25) is 0 Å². The Bertz CT molecular complexity index is 626. The van der Waals surface area contributed by atoms with Crippen molar-refractivity contribution in [3.63, 3.8) is 0 Å². The number of aryl methyl sites for hydroxylation is 3. The quantitative estimate of drug-likeness (QED) is 0.663. The van der Waals surface area contributed by atoms with Crippen molar-refractivity contribution in [2.45, 2.75) is 27.3 Å². The van der Waals surface area contributed by atoms with E-state index in [0.29, 0.717) is 0 Å². The molecular weight excluding hydrogens is 218 g/mol. The minimum atomic E-state index is 1.01. The van der Waals surface area contributed by atoms with E-state index in [1.807, 2.05) is 0 Å². The molecular formula is C17H19N. The van der Waals surface area contributed by atoms with Crippen LogP contribution in [-0.4, -0.2) is 7.05 Å². The minimum Gasteiger partial charge on any atom is -0.370 e. The van der Waals surface area contributed by atoms with E-state index >= 15 is 0 Å². The number of benzene rings is 2. The Morgan fingerprint density at radius 1 is 0.944 bits per heavy atom. The monoisotopic (exact) mass is 237 g/mol. The molecule has 3 rings (SSSR count). The highest BCUT2D eigenvalue weighted by Crippen LogP contribution is 2.42. The first-order chi connectivity index (χ1) is 8.58. The molecule has 0 spiro atoms. The van der Waals surface area contributed by atoms with Gasteiger partial charge in [-0.1, -0.05) is 24.3 Å². The Labute approximate surface area is 109 Å². The smallest absolute Gasteiger partial charge is 0.0451 e. The third-order valence-corrected chi connectivity index (χ3v) is 3.89. The summed E-state index contributed by atoms with van der Waals surface area (Å²) in [7, 11) is 2.18. The highest BCUT2D eigenvalue weighted by molar-refractivity contribution is 5.88. The van der Waals surface area contributed by atoms with Gasteiger partial charge in [-0.3, -0.25) is 0 Å². The standard InChI is InChI=1S/C17H19N/c1-11-8-13(3)17-15(9-11)18(4)10-14-7-5-6-12(2)16(14)17/h5-9H,10H2,1-4H3. The maximum atomic E-state index is 2.36. The molecule has 0 saturated carbocycles. The lowest BCUT2D eigenvalue weighted by atomic mass is 9.86. The maximum absolute atomic E-state index is 2.36. The lowest BCUT2D eigenvalue weighted by Crippen LogP contribution is -2.22. The molecule has 1 aliphatic heterocycles. The second kappa shape index (κ2) is 3.88. The molecule has 0 atom stereocenters. The molecule has 0 saturated heterocycles. The summed E-state index contributed by atoms with van der Waals surface area (Å²) in [4.78, 5) is 2.36. The van der Waals surface area contributed by atoms with E-state index in [4.69, 9.17) is 0 Å². The first-order valence-electron chi connectivity index (χ1n) is 6.49. The predicted octanol–water partition coefficient (Wildman–Crippen LogP) is 4.23. The summed E-state index contributed by atoms with van der Waals surface area (Å²) in [5, 5.41) is 0. The van der Waals surface area contributed by atoms with Crippen molar-refractivity contribution in [3.8, 4) is 11.1 Å². The van der Waals surface area contributed by atoms with Crippen LogP contribution in [0.15, 0.2) is 30.3 Å². The SMILES string of the molecule is Cc1cc(C)c2c(c1)N(C)Cc1cccc(C)c1-2.